The summed E-state index contributed by atoms with van der Waals surface area (Å²) in [5, 5.41) is 0.992. The highest BCUT2D eigenvalue weighted by molar-refractivity contribution is 7.77. The van der Waals surface area contributed by atoms with Crippen LogP contribution in [0.2, 0.25) is 5.02 Å². The number of aryl methyl sites for hydroxylation is 1. The van der Waals surface area contributed by atoms with Gasteiger partial charge < -0.3 is 17.6 Å². The second-order valence-corrected chi connectivity index (χ2v) is 6.34. The van der Waals surface area contributed by atoms with Gasteiger partial charge in [0.05, 0.1) is 0 Å². The average molecular weight is 361 g/mol. The third kappa shape index (κ3) is 4.62. The van der Waals surface area contributed by atoms with Crippen LogP contribution in [0.1, 0.15) is 42.2 Å². The standard InChI is InChI=1S/C19H21ClN2OS/c1-3-5-14-10-12-22(13-11-14)17(19(24)21-4-2)18(23)15-6-8-16(20)9-7-15/h6-13,17H,3-5H2,1-2H3/t17-/m0/s1. The van der Waals surface area contributed by atoms with Crippen molar-refractivity contribution in [1.29, 1.82) is 0 Å². The van der Waals surface area contributed by atoms with Gasteiger partial charge >= 0.3 is 0 Å². The molecule has 5 heteroatoms. The Morgan fingerprint density at radius 3 is 2.33 bits per heavy atom. The fraction of sp³-hybridized carbons (Fsp3) is 0.316. The first-order valence-corrected chi connectivity index (χ1v) is 8.86. The zero-order valence-electron chi connectivity index (χ0n) is 13.9. The van der Waals surface area contributed by atoms with Crippen molar-refractivity contribution < 1.29 is 9.36 Å². The number of rotatable bonds is 7. The maximum atomic E-state index is 13.0. The summed E-state index contributed by atoms with van der Waals surface area (Å²) in [6.07, 6.45) is 5.91. The Labute approximate surface area is 153 Å². The molecule has 0 aliphatic rings. The number of ketones is 1. The first kappa shape index (κ1) is 18.6. The second kappa shape index (κ2) is 8.90. The molecule has 1 heterocycles. The number of hydrogen-bond acceptors (Lipinski definition) is 3. The van der Waals surface area contributed by atoms with E-state index in [2.05, 4.69) is 11.9 Å². The van der Waals surface area contributed by atoms with E-state index < -0.39 is 6.04 Å². The van der Waals surface area contributed by atoms with Crippen molar-refractivity contribution in [2.24, 2.45) is 4.99 Å². The van der Waals surface area contributed by atoms with Crippen LogP contribution in [0.4, 0.5) is 0 Å². The minimum atomic E-state index is -0.614. The Hall–Kier alpha value is -1.78. The topological polar surface area (TPSA) is 33.3 Å². The number of Topliss-reactive ketones (excluding diaryl/α,β-unsaturated/α-hetero) is 1. The van der Waals surface area contributed by atoms with Gasteiger partial charge in [0.15, 0.2) is 12.4 Å². The third-order valence-corrected chi connectivity index (χ3v) is 4.29. The number of hydrogen-bond donors (Lipinski definition) is 0. The maximum Gasteiger partial charge on any atom is 0.237 e. The first-order valence-electron chi connectivity index (χ1n) is 8.07. The summed E-state index contributed by atoms with van der Waals surface area (Å²) in [6.45, 7) is 4.60. The fourth-order valence-electron chi connectivity index (χ4n) is 2.49. The quantitative estimate of drug-likeness (QED) is 0.246. The molecule has 2 rings (SSSR count). The summed E-state index contributed by atoms with van der Waals surface area (Å²) in [4.78, 5) is 17.3. The van der Waals surface area contributed by atoms with Gasteiger partial charge in [-0.15, -0.1) is 0 Å². The highest BCUT2D eigenvalue weighted by Crippen LogP contribution is 2.15. The molecule has 0 bridgehead atoms. The van der Waals surface area contributed by atoms with E-state index in [4.69, 9.17) is 24.2 Å². The summed E-state index contributed by atoms with van der Waals surface area (Å²) in [5.41, 5.74) is 1.81. The molecule has 3 nitrogen and oxygen atoms in total. The van der Waals surface area contributed by atoms with Gasteiger partial charge in [-0.1, -0.05) is 24.9 Å². The lowest BCUT2D eigenvalue weighted by Crippen LogP contribution is -2.47. The molecule has 1 aromatic carbocycles. The van der Waals surface area contributed by atoms with Crippen molar-refractivity contribution in [2.75, 3.05) is 6.54 Å². The number of aliphatic imine (C=N–C) groups is 1. The number of pyridine rings is 1. The second-order valence-electron chi connectivity index (χ2n) is 5.49. The van der Waals surface area contributed by atoms with Gasteiger partial charge in [-0.3, -0.25) is 4.79 Å². The van der Waals surface area contributed by atoms with Crippen LogP contribution in [0.25, 0.3) is 0 Å². The van der Waals surface area contributed by atoms with Crippen molar-refractivity contribution in [3.8, 4) is 0 Å². The number of benzene rings is 1. The maximum absolute atomic E-state index is 13.0. The number of carbonyl (C=O) groups is 1. The fourth-order valence-corrected chi connectivity index (χ4v) is 2.97. The molecule has 126 valence electrons. The molecule has 0 aliphatic carbocycles. The minimum Gasteiger partial charge on any atom is -0.758 e. The molecular formula is C19H21ClN2OS. The molecule has 0 saturated heterocycles. The molecule has 0 aliphatic heterocycles. The molecule has 24 heavy (non-hydrogen) atoms. The summed E-state index contributed by atoms with van der Waals surface area (Å²) >= 11 is 11.3. The summed E-state index contributed by atoms with van der Waals surface area (Å²) in [6, 6.07) is 10.3. The largest absolute Gasteiger partial charge is 0.758 e. The monoisotopic (exact) mass is 360 g/mol. The van der Waals surface area contributed by atoms with Crippen LogP contribution < -0.4 is 4.57 Å². The smallest absolute Gasteiger partial charge is 0.237 e. The van der Waals surface area contributed by atoms with Gasteiger partial charge in [-0.05, 0) is 48.2 Å². The Bertz CT molecular complexity index is 711. The number of carbonyl (C=O) groups excluding carboxylic acids is 1. The normalized spacial score (nSPS) is 12.9. The SMILES string of the molecule is CCCc1cc[n+]([C@@H](C(=O)c2ccc(Cl)cc2)C([S-])=NCC)cc1. The Morgan fingerprint density at radius 2 is 1.79 bits per heavy atom. The number of nitrogens with zero attached hydrogens (tertiary/aromatic N) is 2. The van der Waals surface area contributed by atoms with Crippen LogP contribution in [0.5, 0.6) is 0 Å². The van der Waals surface area contributed by atoms with E-state index in [1.807, 2.05) is 36.0 Å². The minimum absolute atomic E-state index is 0.0814. The Kier molecular flexibility index (Phi) is 6.88. The molecule has 0 fully saturated rings. The van der Waals surface area contributed by atoms with Crippen LogP contribution in [0, 0.1) is 0 Å². The lowest BCUT2D eigenvalue weighted by atomic mass is 10.0. The lowest BCUT2D eigenvalue weighted by molar-refractivity contribution is -0.692. The van der Waals surface area contributed by atoms with Gasteiger partial charge in [-0.25, -0.2) is 0 Å². The highest BCUT2D eigenvalue weighted by atomic mass is 35.5. The molecule has 1 atom stereocenters. The number of halogens is 1. The molecule has 0 spiro atoms. The van der Waals surface area contributed by atoms with Gasteiger partial charge in [0.2, 0.25) is 11.8 Å². The molecule has 2 aromatic rings. The first-order chi connectivity index (χ1) is 11.6. The zero-order chi connectivity index (χ0) is 17.5. The van der Waals surface area contributed by atoms with E-state index >= 15 is 0 Å². The van der Waals surface area contributed by atoms with E-state index in [0.717, 1.165) is 12.8 Å². The van der Waals surface area contributed by atoms with Gasteiger partial charge in [0.1, 0.15) is 0 Å². The van der Waals surface area contributed by atoms with Crippen molar-refractivity contribution >= 4 is 35.1 Å². The summed E-state index contributed by atoms with van der Waals surface area (Å²) < 4.78 is 1.83. The number of aromatic nitrogens is 1. The van der Waals surface area contributed by atoms with Gasteiger partial charge in [0, 0.05) is 29.3 Å². The molecule has 0 saturated carbocycles. The van der Waals surface area contributed by atoms with Crippen LogP contribution in [-0.2, 0) is 19.0 Å². The van der Waals surface area contributed by atoms with E-state index in [1.165, 1.54) is 5.56 Å². The highest BCUT2D eigenvalue weighted by Gasteiger charge is 2.28. The molecule has 0 N–H and O–H groups in total. The van der Waals surface area contributed by atoms with E-state index in [-0.39, 0.29) is 5.78 Å². The average Bonchev–Trinajstić information content (AvgIpc) is 2.58. The molecule has 0 amide bonds. The van der Waals surface area contributed by atoms with Crippen LogP contribution in [0.3, 0.4) is 0 Å². The lowest BCUT2D eigenvalue weighted by Gasteiger charge is -2.18. The van der Waals surface area contributed by atoms with Crippen LogP contribution in [-0.4, -0.2) is 17.4 Å². The third-order valence-electron chi connectivity index (χ3n) is 3.68. The molecular weight excluding hydrogens is 340 g/mol. The van der Waals surface area contributed by atoms with Crippen molar-refractivity contribution in [1.82, 2.24) is 0 Å². The van der Waals surface area contributed by atoms with E-state index in [1.54, 1.807) is 24.3 Å². The van der Waals surface area contributed by atoms with Crippen molar-refractivity contribution in [3.05, 3.63) is 64.9 Å². The predicted molar refractivity (Wildman–Crippen MR) is 101 cm³/mol. The predicted octanol–water partition coefficient (Wildman–Crippen LogP) is 3.97. The van der Waals surface area contributed by atoms with E-state index in [9.17, 15) is 4.79 Å². The summed E-state index contributed by atoms with van der Waals surface area (Å²) in [5.74, 6) is -0.0814. The van der Waals surface area contributed by atoms with Crippen LogP contribution in [0.15, 0.2) is 53.8 Å². The Morgan fingerprint density at radius 1 is 1.17 bits per heavy atom. The van der Waals surface area contributed by atoms with Crippen LogP contribution >= 0.6 is 11.6 Å². The van der Waals surface area contributed by atoms with Crippen molar-refractivity contribution in [2.45, 2.75) is 32.7 Å². The van der Waals surface area contributed by atoms with Gasteiger partial charge in [-0.2, -0.15) is 4.57 Å². The van der Waals surface area contributed by atoms with E-state index in [0.29, 0.717) is 22.2 Å². The molecule has 1 aromatic heterocycles. The molecule has 0 unspecified atom stereocenters. The zero-order valence-corrected chi connectivity index (χ0v) is 15.5. The summed E-state index contributed by atoms with van der Waals surface area (Å²) in [7, 11) is 0. The van der Waals surface area contributed by atoms with Crippen molar-refractivity contribution in [3.63, 3.8) is 0 Å². The van der Waals surface area contributed by atoms with Gasteiger partial charge in [0.25, 0.3) is 0 Å². The molecule has 0 radical (unpaired) electrons. The Balaban J connectivity index is 2.39.